The molecule has 0 atom stereocenters. The van der Waals surface area contributed by atoms with Crippen molar-refractivity contribution in [3.8, 4) is 0 Å². The minimum atomic E-state index is -4.06. The summed E-state index contributed by atoms with van der Waals surface area (Å²) in [6.07, 6.45) is 5.28. The lowest BCUT2D eigenvalue weighted by Gasteiger charge is -2.12. The summed E-state index contributed by atoms with van der Waals surface area (Å²) in [5.74, 6) is -2.04. The quantitative estimate of drug-likeness (QED) is 0.845. The largest absolute Gasteiger partial charge is 0.326 e. The van der Waals surface area contributed by atoms with Crippen molar-refractivity contribution in [2.24, 2.45) is 11.7 Å². The van der Waals surface area contributed by atoms with Crippen LogP contribution in [-0.2, 0) is 16.6 Å². The van der Waals surface area contributed by atoms with E-state index in [2.05, 4.69) is 4.72 Å². The maximum Gasteiger partial charge on any atom is 0.243 e. The summed E-state index contributed by atoms with van der Waals surface area (Å²) in [5.41, 5.74) is 5.60. The molecule has 0 unspecified atom stereocenters. The third-order valence-corrected chi connectivity index (χ3v) is 5.36. The third kappa shape index (κ3) is 3.99. The van der Waals surface area contributed by atoms with Crippen LogP contribution in [0, 0.1) is 17.6 Å². The average Bonchev–Trinajstić information content (AvgIpc) is 2.94. The van der Waals surface area contributed by atoms with Crippen molar-refractivity contribution in [1.29, 1.82) is 0 Å². The molecule has 1 aromatic carbocycles. The first-order valence-corrected chi connectivity index (χ1v) is 8.60. The lowest BCUT2D eigenvalue weighted by Crippen LogP contribution is -2.27. The van der Waals surface area contributed by atoms with Crippen molar-refractivity contribution in [2.75, 3.05) is 6.54 Å². The van der Waals surface area contributed by atoms with Gasteiger partial charge in [0.2, 0.25) is 10.0 Å². The Bertz CT molecular complexity index is 599. The molecule has 0 amide bonds. The van der Waals surface area contributed by atoms with Crippen LogP contribution in [0.5, 0.6) is 0 Å². The molecule has 1 saturated carbocycles. The number of rotatable bonds is 6. The van der Waals surface area contributed by atoms with E-state index in [1.807, 2.05) is 0 Å². The Morgan fingerprint density at radius 3 is 2.52 bits per heavy atom. The van der Waals surface area contributed by atoms with E-state index in [1.165, 1.54) is 12.8 Å². The van der Waals surface area contributed by atoms with Crippen LogP contribution >= 0.6 is 0 Å². The Kier molecular flexibility index (Phi) is 5.29. The minimum absolute atomic E-state index is 0.0538. The smallest absolute Gasteiger partial charge is 0.243 e. The van der Waals surface area contributed by atoms with Crippen molar-refractivity contribution in [1.82, 2.24) is 4.72 Å². The molecule has 3 N–H and O–H groups in total. The van der Waals surface area contributed by atoms with Gasteiger partial charge in [0.15, 0.2) is 11.6 Å². The summed E-state index contributed by atoms with van der Waals surface area (Å²) >= 11 is 0. The number of benzene rings is 1. The summed E-state index contributed by atoms with van der Waals surface area (Å²) in [5, 5.41) is 0. The highest BCUT2D eigenvalue weighted by Crippen LogP contribution is 2.27. The fraction of sp³-hybridized carbons (Fsp3) is 0.571. The first-order valence-electron chi connectivity index (χ1n) is 7.11. The van der Waals surface area contributed by atoms with Crippen LogP contribution in [0.1, 0.15) is 37.7 Å². The monoisotopic (exact) mass is 318 g/mol. The Labute approximate surface area is 123 Å². The highest BCUT2D eigenvalue weighted by Gasteiger charge is 2.23. The number of nitrogens with two attached hydrogens (primary N) is 1. The van der Waals surface area contributed by atoms with Gasteiger partial charge < -0.3 is 5.73 Å². The predicted molar refractivity (Wildman–Crippen MR) is 76.0 cm³/mol. The zero-order valence-corrected chi connectivity index (χ0v) is 12.6. The van der Waals surface area contributed by atoms with Crippen LogP contribution in [0.4, 0.5) is 8.78 Å². The highest BCUT2D eigenvalue weighted by atomic mass is 32.2. The van der Waals surface area contributed by atoms with Crippen molar-refractivity contribution >= 4 is 10.0 Å². The van der Waals surface area contributed by atoms with Gasteiger partial charge in [0.05, 0.1) is 0 Å². The van der Waals surface area contributed by atoms with Crippen LogP contribution in [0.15, 0.2) is 17.0 Å². The molecule has 1 aliphatic carbocycles. The van der Waals surface area contributed by atoms with Gasteiger partial charge in [0.1, 0.15) is 4.90 Å². The second-order valence-corrected chi connectivity index (χ2v) is 7.17. The van der Waals surface area contributed by atoms with E-state index >= 15 is 0 Å². The van der Waals surface area contributed by atoms with Gasteiger partial charge in [-0.25, -0.2) is 21.9 Å². The summed E-state index contributed by atoms with van der Waals surface area (Å²) in [6, 6.07) is 1.99. The molecule has 0 bridgehead atoms. The predicted octanol–water partition coefficient (Wildman–Crippen LogP) is 2.28. The summed E-state index contributed by atoms with van der Waals surface area (Å²) in [4.78, 5) is -0.672. The molecule has 4 nitrogen and oxygen atoms in total. The topological polar surface area (TPSA) is 72.2 Å². The number of halogens is 2. The number of nitrogens with one attached hydrogen (secondary N) is 1. The van der Waals surface area contributed by atoms with Crippen LogP contribution in [-0.4, -0.2) is 15.0 Å². The second kappa shape index (κ2) is 6.81. The maximum atomic E-state index is 13.7. The zero-order chi connectivity index (χ0) is 15.5. The first kappa shape index (κ1) is 16.3. The van der Waals surface area contributed by atoms with Crippen molar-refractivity contribution in [3.05, 3.63) is 29.3 Å². The number of sulfonamides is 1. The summed E-state index contributed by atoms with van der Waals surface area (Å²) < 4.78 is 53.6. The second-order valence-electron chi connectivity index (χ2n) is 5.43. The molecule has 0 aliphatic heterocycles. The number of hydrogen-bond donors (Lipinski definition) is 2. The van der Waals surface area contributed by atoms with Crippen molar-refractivity contribution < 1.29 is 17.2 Å². The van der Waals surface area contributed by atoms with E-state index in [0.29, 0.717) is 5.92 Å². The van der Waals surface area contributed by atoms with Crippen LogP contribution < -0.4 is 10.5 Å². The van der Waals surface area contributed by atoms with E-state index in [0.717, 1.165) is 31.4 Å². The van der Waals surface area contributed by atoms with E-state index in [9.17, 15) is 17.2 Å². The first-order chi connectivity index (χ1) is 9.94. The average molecular weight is 318 g/mol. The lowest BCUT2D eigenvalue weighted by molar-refractivity contribution is 0.476. The molecule has 0 spiro atoms. The molecule has 2 rings (SSSR count). The molecule has 21 heavy (non-hydrogen) atoms. The van der Waals surface area contributed by atoms with Gasteiger partial charge in [0, 0.05) is 13.1 Å². The van der Waals surface area contributed by atoms with Crippen LogP contribution in [0.2, 0.25) is 0 Å². The van der Waals surface area contributed by atoms with Gasteiger partial charge in [-0.15, -0.1) is 0 Å². The number of hydrogen-bond acceptors (Lipinski definition) is 3. The van der Waals surface area contributed by atoms with Gasteiger partial charge in [-0.3, -0.25) is 0 Å². The molecular weight excluding hydrogens is 298 g/mol. The Morgan fingerprint density at radius 1 is 1.24 bits per heavy atom. The standard InChI is InChI=1S/C14H20F2N2O2S/c15-12-7-11(9-17)8-13(14(12)16)21(19,20)18-6-5-10-3-1-2-4-10/h7-8,10,18H,1-6,9,17H2. The van der Waals surface area contributed by atoms with Gasteiger partial charge in [-0.1, -0.05) is 25.7 Å². The zero-order valence-electron chi connectivity index (χ0n) is 11.7. The summed E-state index contributed by atoms with van der Waals surface area (Å²) in [7, 11) is -4.06. The Hall–Kier alpha value is -1.05. The Morgan fingerprint density at radius 2 is 1.90 bits per heavy atom. The molecule has 1 aromatic rings. The highest BCUT2D eigenvalue weighted by molar-refractivity contribution is 7.89. The van der Waals surface area contributed by atoms with Crippen LogP contribution in [0.3, 0.4) is 0 Å². The van der Waals surface area contributed by atoms with Crippen molar-refractivity contribution in [2.45, 2.75) is 43.5 Å². The fourth-order valence-corrected chi connectivity index (χ4v) is 3.89. The van der Waals surface area contributed by atoms with E-state index in [4.69, 9.17) is 5.73 Å². The summed E-state index contributed by atoms with van der Waals surface area (Å²) in [6.45, 7) is 0.183. The molecule has 0 saturated heterocycles. The normalized spacial score (nSPS) is 16.5. The molecule has 0 aromatic heterocycles. The molecule has 1 aliphatic rings. The molecule has 1 fully saturated rings. The van der Waals surface area contributed by atoms with E-state index in [1.54, 1.807) is 0 Å². The van der Waals surface area contributed by atoms with Gasteiger partial charge in [0.25, 0.3) is 0 Å². The fourth-order valence-electron chi connectivity index (χ4n) is 2.70. The van der Waals surface area contributed by atoms with E-state index < -0.39 is 26.6 Å². The molecule has 0 heterocycles. The maximum absolute atomic E-state index is 13.7. The van der Waals surface area contributed by atoms with Gasteiger partial charge in [-0.2, -0.15) is 0 Å². The van der Waals surface area contributed by atoms with Gasteiger partial charge in [-0.05, 0) is 30.0 Å². The molecule has 0 radical (unpaired) electrons. The van der Waals surface area contributed by atoms with Crippen molar-refractivity contribution in [3.63, 3.8) is 0 Å². The minimum Gasteiger partial charge on any atom is -0.326 e. The molecular formula is C14H20F2N2O2S. The molecule has 7 heteroatoms. The van der Waals surface area contributed by atoms with Crippen LogP contribution in [0.25, 0.3) is 0 Å². The van der Waals surface area contributed by atoms with E-state index in [-0.39, 0.29) is 18.7 Å². The molecule has 118 valence electrons. The van der Waals surface area contributed by atoms with Gasteiger partial charge >= 0.3 is 0 Å². The SMILES string of the molecule is NCc1cc(F)c(F)c(S(=O)(=O)NCCC2CCCC2)c1. The Balaban J connectivity index is 2.09. The lowest BCUT2D eigenvalue weighted by atomic mass is 10.1. The third-order valence-electron chi connectivity index (χ3n) is 3.90.